The third-order valence-corrected chi connectivity index (χ3v) is 1.18. The molecular weight excluding hydrogens is 416 g/mol. The predicted molar refractivity (Wildman–Crippen MR) is 69.6 cm³/mol. The quantitative estimate of drug-likeness (QED) is 0.383. The number of hydrogen-bond acceptors (Lipinski definition) is 4. The van der Waals surface area contributed by atoms with Gasteiger partial charge in [0.1, 0.15) is 0 Å². The molecule has 0 aliphatic carbocycles. The van der Waals surface area contributed by atoms with Gasteiger partial charge in [0.05, 0.1) is 13.5 Å². The molecule has 0 aromatic rings. The second-order valence-corrected chi connectivity index (χ2v) is 1.85. The molecule has 1 aliphatic rings. The summed E-state index contributed by atoms with van der Waals surface area (Å²) in [7, 11) is 1.27. The molecule has 0 amide bonds. The Labute approximate surface area is 140 Å². The molecule has 0 saturated carbocycles. The molecule has 1 radical (unpaired) electrons. The van der Waals surface area contributed by atoms with E-state index in [1.165, 1.54) is 7.11 Å². The molecule has 1 saturated heterocycles. The Kier molecular flexibility index (Phi) is 74.7. The number of carbonyl (C=O) groups is 1. The molecular formula is C11H26NO4Rh2-4. The number of nitrogens with zero attached hydrogens (tertiary/aromatic N) is 1. The van der Waals surface area contributed by atoms with Crippen LogP contribution in [0.2, 0.25) is 0 Å². The number of rotatable bonds is 1. The van der Waals surface area contributed by atoms with E-state index in [1.807, 2.05) is 0 Å². The molecule has 2 atom stereocenters. The summed E-state index contributed by atoms with van der Waals surface area (Å²) >= 11 is 0. The molecule has 1 fully saturated rings. The van der Waals surface area contributed by atoms with Gasteiger partial charge in [-0.05, 0) is 6.04 Å². The van der Waals surface area contributed by atoms with Crippen molar-refractivity contribution in [1.29, 1.82) is 0 Å². The zero-order valence-corrected chi connectivity index (χ0v) is 15.4. The van der Waals surface area contributed by atoms with E-state index in [0.29, 0.717) is 0 Å². The third-order valence-electron chi connectivity index (χ3n) is 1.18. The van der Waals surface area contributed by atoms with E-state index in [9.17, 15) is 4.79 Å². The minimum absolute atomic E-state index is 0. The standard InChI is InChI=1S/C5H8NO4.6CH3.2Rh/c1-9-4(7)3-2-10-5(8)6-3;;;;;;;;/h3,5,8H,2H2,1H3;6*1H3;;/q7*-1;;+3/t3-,5?;;;;;;;;/m0......../s1. The van der Waals surface area contributed by atoms with Crippen molar-refractivity contribution in [3.63, 3.8) is 0 Å². The normalized spacial score (nSPS) is 17.9. The van der Waals surface area contributed by atoms with Crippen LogP contribution < -0.4 is 0 Å². The Hall–Kier alpha value is 0.597. The first-order chi connectivity index (χ1) is 4.74. The summed E-state index contributed by atoms with van der Waals surface area (Å²) in [6, 6.07) is -0.653. The van der Waals surface area contributed by atoms with Crippen molar-refractivity contribution in [3.8, 4) is 0 Å². The Balaban J connectivity index is -0.0000000208. The molecule has 121 valence electrons. The fraction of sp³-hybridized carbons (Fsp3) is 0.364. The number of methoxy groups -OCH3 is 1. The first kappa shape index (κ1) is 51.3. The topological polar surface area (TPSA) is 69.9 Å². The van der Waals surface area contributed by atoms with E-state index in [4.69, 9.17) is 5.11 Å². The van der Waals surface area contributed by atoms with Crippen LogP contribution in [0.25, 0.3) is 5.32 Å². The van der Waals surface area contributed by atoms with Gasteiger partial charge in [0, 0.05) is 26.1 Å². The number of esters is 1. The molecule has 0 spiro atoms. The van der Waals surface area contributed by atoms with Crippen LogP contribution in [0.3, 0.4) is 0 Å². The maximum Gasteiger partial charge on any atom is 3.00 e. The van der Waals surface area contributed by atoms with Crippen molar-refractivity contribution in [2.45, 2.75) is 12.5 Å². The zero-order chi connectivity index (χ0) is 7.56. The van der Waals surface area contributed by atoms with Crippen LogP contribution in [0.15, 0.2) is 0 Å². The van der Waals surface area contributed by atoms with Crippen LogP contribution >= 0.6 is 0 Å². The van der Waals surface area contributed by atoms with Crippen molar-refractivity contribution in [3.05, 3.63) is 49.9 Å². The van der Waals surface area contributed by atoms with Gasteiger partial charge in [0.25, 0.3) is 5.97 Å². The summed E-state index contributed by atoms with van der Waals surface area (Å²) in [4.78, 5) is 10.7. The average molecular weight is 442 g/mol. The van der Waals surface area contributed by atoms with Gasteiger partial charge in [-0.1, -0.05) is 0 Å². The van der Waals surface area contributed by atoms with Gasteiger partial charge in [-0.2, -0.15) is 0 Å². The molecule has 0 aromatic heterocycles. The summed E-state index contributed by atoms with van der Waals surface area (Å²) in [5, 5.41) is 12.2. The fourth-order valence-corrected chi connectivity index (χ4v) is 0.682. The van der Waals surface area contributed by atoms with E-state index < -0.39 is 18.4 Å². The molecule has 7 heteroatoms. The van der Waals surface area contributed by atoms with Crippen molar-refractivity contribution in [2.75, 3.05) is 13.7 Å². The van der Waals surface area contributed by atoms with Crippen LogP contribution in [0.4, 0.5) is 0 Å². The Morgan fingerprint density at radius 2 is 1.61 bits per heavy atom. The SMILES string of the molecule is COC(=O)[C@@H]1COC(O)[N-]1.[CH3-].[CH3-].[CH3-].[CH3-].[CH3-].[CH3-].[Rh+3].[Rh]. The molecule has 1 unspecified atom stereocenters. The van der Waals surface area contributed by atoms with Crippen LogP contribution in [0.5, 0.6) is 0 Å². The minimum atomic E-state index is -1.16. The van der Waals surface area contributed by atoms with Gasteiger partial charge in [-0.25, -0.2) is 0 Å². The van der Waals surface area contributed by atoms with Crippen molar-refractivity contribution in [2.24, 2.45) is 0 Å². The van der Waals surface area contributed by atoms with E-state index in [0.717, 1.165) is 0 Å². The summed E-state index contributed by atoms with van der Waals surface area (Å²) in [5.74, 6) is -0.475. The van der Waals surface area contributed by atoms with Gasteiger partial charge in [0.2, 0.25) is 0 Å². The van der Waals surface area contributed by atoms with Crippen LogP contribution in [0.1, 0.15) is 0 Å². The van der Waals surface area contributed by atoms with Crippen LogP contribution in [-0.2, 0) is 53.2 Å². The number of carbonyl (C=O) groups excluding carboxylic acids is 1. The second-order valence-electron chi connectivity index (χ2n) is 1.85. The molecule has 1 rings (SSSR count). The summed E-state index contributed by atoms with van der Waals surface area (Å²) in [6.45, 7) is 0.105. The maximum atomic E-state index is 10.7. The van der Waals surface area contributed by atoms with E-state index in [2.05, 4.69) is 14.8 Å². The molecule has 1 aliphatic heterocycles. The molecule has 1 heterocycles. The van der Waals surface area contributed by atoms with Gasteiger partial charge >= 0.3 is 19.5 Å². The van der Waals surface area contributed by atoms with Gasteiger partial charge in [-0.15, -0.1) is 0 Å². The Morgan fingerprint density at radius 3 is 1.83 bits per heavy atom. The van der Waals surface area contributed by atoms with Gasteiger partial charge in [-0.3, -0.25) is 4.79 Å². The summed E-state index contributed by atoms with van der Waals surface area (Å²) < 4.78 is 8.94. The molecule has 0 bridgehead atoms. The fourth-order valence-electron chi connectivity index (χ4n) is 0.682. The van der Waals surface area contributed by atoms with E-state index in [-0.39, 0.29) is 90.1 Å². The minimum Gasteiger partial charge on any atom is -0.599 e. The first-order valence-corrected chi connectivity index (χ1v) is 2.81. The molecule has 1 N–H and O–H groups in total. The largest absolute Gasteiger partial charge is 3.00 e. The number of aliphatic hydroxyl groups excluding tert-OH is 1. The predicted octanol–water partition coefficient (Wildman–Crippen LogP) is 1.90. The zero-order valence-electron chi connectivity index (χ0n) is 12.1. The molecule has 0 aromatic carbocycles. The summed E-state index contributed by atoms with van der Waals surface area (Å²) in [6.07, 6.45) is -1.16. The van der Waals surface area contributed by atoms with Crippen molar-refractivity contribution < 1.29 is 58.3 Å². The Morgan fingerprint density at radius 1 is 1.22 bits per heavy atom. The Bertz CT molecular complexity index is 151. The molecule has 5 nitrogen and oxygen atoms in total. The molecule has 18 heavy (non-hydrogen) atoms. The average Bonchev–Trinajstić information content (AvgIpc) is 2.34. The number of aliphatic hydroxyl groups is 1. The van der Waals surface area contributed by atoms with Crippen molar-refractivity contribution in [1.82, 2.24) is 0 Å². The van der Waals surface area contributed by atoms with Crippen LogP contribution in [-0.4, -0.2) is 37.2 Å². The van der Waals surface area contributed by atoms with Gasteiger partial charge < -0.3 is 64.5 Å². The smallest absolute Gasteiger partial charge is 0.599 e. The summed E-state index contributed by atoms with van der Waals surface area (Å²) in [5.41, 5.74) is 0. The first-order valence-electron chi connectivity index (χ1n) is 2.81. The monoisotopic (exact) mass is 442 g/mol. The van der Waals surface area contributed by atoms with Crippen molar-refractivity contribution >= 4 is 5.97 Å². The van der Waals surface area contributed by atoms with Crippen LogP contribution in [0, 0.1) is 44.6 Å². The van der Waals surface area contributed by atoms with Gasteiger partial charge in [0.15, 0.2) is 0 Å². The van der Waals surface area contributed by atoms with E-state index >= 15 is 0 Å². The number of ether oxygens (including phenoxy) is 2. The third kappa shape index (κ3) is 16.6. The maximum absolute atomic E-state index is 10.7. The van der Waals surface area contributed by atoms with E-state index in [1.54, 1.807) is 0 Å². The number of hydrogen-bond donors (Lipinski definition) is 1. The second kappa shape index (κ2) is 26.2.